The van der Waals surface area contributed by atoms with Gasteiger partial charge in [0.05, 0.1) is 7.11 Å². The van der Waals surface area contributed by atoms with Crippen LogP contribution in [0.3, 0.4) is 0 Å². The summed E-state index contributed by atoms with van der Waals surface area (Å²) in [6.07, 6.45) is 5.51. The Labute approximate surface area is 122 Å². The quantitative estimate of drug-likeness (QED) is 0.913. The van der Waals surface area contributed by atoms with Crippen molar-refractivity contribution >= 4 is 0 Å². The van der Waals surface area contributed by atoms with Crippen LogP contribution >= 0.6 is 0 Å². The van der Waals surface area contributed by atoms with Crippen molar-refractivity contribution in [2.75, 3.05) is 33.3 Å². The van der Waals surface area contributed by atoms with Gasteiger partial charge in [-0.2, -0.15) is 0 Å². The average Bonchev–Trinajstić information content (AvgIpc) is 3.02. The number of hydrogen-bond donors (Lipinski definition) is 1. The molecule has 1 N–H and O–H groups in total. The summed E-state index contributed by atoms with van der Waals surface area (Å²) in [5, 5.41) is 3.41. The lowest BCUT2D eigenvalue weighted by atomic mass is 9.95. The maximum atomic E-state index is 5.56. The third-order valence-corrected chi connectivity index (χ3v) is 4.73. The number of piperazine rings is 1. The summed E-state index contributed by atoms with van der Waals surface area (Å²) in [4.78, 5) is 2.52. The van der Waals surface area contributed by atoms with Crippen molar-refractivity contribution in [3.63, 3.8) is 0 Å². The lowest BCUT2D eigenvalue weighted by Crippen LogP contribution is -2.42. The zero-order valence-corrected chi connectivity index (χ0v) is 12.5. The molecule has 3 nitrogen and oxygen atoms in total. The third-order valence-electron chi connectivity index (χ3n) is 4.73. The van der Waals surface area contributed by atoms with Crippen molar-refractivity contribution in [3.05, 3.63) is 29.3 Å². The molecule has 1 heterocycles. The highest BCUT2D eigenvalue weighted by atomic mass is 16.5. The zero-order chi connectivity index (χ0) is 13.8. The fraction of sp³-hybridized carbons (Fsp3) is 0.647. The van der Waals surface area contributed by atoms with Crippen LogP contribution in [0.25, 0.3) is 0 Å². The van der Waals surface area contributed by atoms with Gasteiger partial charge in [0.15, 0.2) is 0 Å². The lowest BCUT2D eigenvalue weighted by Gasteiger charge is -2.28. The number of methoxy groups -OCH3 is 1. The molecule has 0 atom stereocenters. The molecule has 20 heavy (non-hydrogen) atoms. The zero-order valence-electron chi connectivity index (χ0n) is 12.5. The van der Waals surface area contributed by atoms with Gasteiger partial charge in [0.25, 0.3) is 0 Å². The molecule has 110 valence electrons. The Kier molecular flexibility index (Phi) is 4.58. The molecule has 0 spiro atoms. The SMILES string of the molecule is COc1ccc(C2CCCC2)cc1CN1CCNCC1. The maximum absolute atomic E-state index is 5.56. The molecule has 1 aromatic rings. The van der Waals surface area contributed by atoms with Gasteiger partial charge in [-0.05, 0) is 30.4 Å². The van der Waals surface area contributed by atoms with Gasteiger partial charge in [0.2, 0.25) is 0 Å². The van der Waals surface area contributed by atoms with Crippen LogP contribution in [0.15, 0.2) is 18.2 Å². The van der Waals surface area contributed by atoms with Crippen molar-refractivity contribution in [3.8, 4) is 5.75 Å². The van der Waals surface area contributed by atoms with E-state index in [9.17, 15) is 0 Å². The topological polar surface area (TPSA) is 24.5 Å². The van der Waals surface area contributed by atoms with E-state index < -0.39 is 0 Å². The highest BCUT2D eigenvalue weighted by molar-refractivity contribution is 5.39. The van der Waals surface area contributed by atoms with Gasteiger partial charge in [-0.1, -0.05) is 25.0 Å². The molecule has 1 aliphatic carbocycles. The van der Waals surface area contributed by atoms with E-state index in [-0.39, 0.29) is 0 Å². The number of ether oxygens (including phenoxy) is 1. The second kappa shape index (κ2) is 6.59. The van der Waals surface area contributed by atoms with Crippen molar-refractivity contribution in [1.29, 1.82) is 0 Å². The van der Waals surface area contributed by atoms with Crippen LogP contribution in [0.2, 0.25) is 0 Å². The van der Waals surface area contributed by atoms with Gasteiger partial charge in [-0.25, -0.2) is 0 Å². The molecular formula is C17H26N2O. The maximum Gasteiger partial charge on any atom is 0.123 e. The Balaban J connectivity index is 1.76. The summed E-state index contributed by atoms with van der Waals surface area (Å²) in [6, 6.07) is 6.85. The van der Waals surface area contributed by atoms with E-state index in [0.29, 0.717) is 0 Å². The molecule has 3 rings (SSSR count). The fourth-order valence-electron chi connectivity index (χ4n) is 3.55. The first kappa shape index (κ1) is 13.9. The van der Waals surface area contributed by atoms with Crippen LogP contribution < -0.4 is 10.1 Å². The summed E-state index contributed by atoms with van der Waals surface area (Å²) in [7, 11) is 1.78. The molecule has 0 amide bonds. The van der Waals surface area contributed by atoms with Gasteiger partial charge >= 0.3 is 0 Å². The van der Waals surface area contributed by atoms with E-state index in [4.69, 9.17) is 4.74 Å². The largest absolute Gasteiger partial charge is 0.496 e. The molecule has 3 heteroatoms. The molecule has 1 aliphatic heterocycles. The number of rotatable bonds is 4. The van der Waals surface area contributed by atoms with Crippen molar-refractivity contribution in [2.24, 2.45) is 0 Å². The lowest BCUT2D eigenvalue weighted by molar-refractivity contribution is 0.230. The third kappa shape index (κ3) is 3.15. The molecule has 0 unspecified atom stereocenters. The standard InChI is InChI=1S/C17H26N2O/c1-20-17-7-6-15(14-4-2-3-5-14)12-16(17)13-19-10-8-18-9-11-19/h6-7,12,14,18H,2-5,8-11,13H2,1H3. The second-order valence-corrected chi connectivity index (χ2v) is 6.08. The van der Waals surface area contributed by atoms with Crippen molar-refractivity contribution in [2.45, 2.75) is 38.1 Å². The Morgan fingerprint density at radius 3 is 2.65 bits per heavy atom. The molecule has 0 bridgehead atoms. The molecule has 0 aromatic heterocycles. The van der Waals surface area contributed by atoms with Crippen molar-refractivity contribution < 1.29 is 4.74 Å². The van der Waals surface area contributed by atoms with Gasteiger partial charge in [-0.15, -0.1) is 0 Å². The smallest absolute Gasteiger partial charge is 0.123 e. The molecule has 0 radical (unpaired) electrons. The summed E-state index contributed by atoms with van der Waals surface area (Å²) in [5.74, 6) is 1.83. The van der Waals surface area contributed by atoms with Crippen LogP contribution in [0.4, 0.5) is 0 Å². The normalized spacial score (nSPS) is 21.2. The number of hydrogen-bond acceptors (Lipinski definition) is 3. The first-order valence-electron chi connectivity index (χ1n) is 7.96. The number of nitrogens with one attached hydrogen (secondary N) is 1. The minimum atomic E-state index is 0.780. The Bertz CT molecular complexity index is 435. The van der Waals surface area contributed by atoms with Crippen LogP contribution in [-0.4, -0.2) is 38.2 Å². The Morgan fingerprint density at radius 1 is 1.20 bits per heavy atom. The summed E-state index contributed by atoms with van der Waals surface area (Å²) in [5.41, 5.74) is 2.88. The van der Waals surface area contributed by atoms with Gasteiger partial charge in [0, 0.05) is 38.3 Å². The van der Waals surface area contributed by atoms with E-state index in [2.05, 4.69) is 28.4 Å². The molecule has 1 saturated heterocycles. The van der Waals surface area contributed by atoms with E-state index in [0.717, 1.165) is 44.4 Å². The molecule has 1 aromatic carbocycles. The molecule has 1 saturated carbocycles. The van der Waals surface area contributed by atoms with Gasteiger partial charge in [-0.3, -0.25) is 4.90 Å². The summed E-state index contributed by atoms with van der Waals surface area (Å²) in [6.45, 7) is 5.49. The van der Waals surface area contributed by atoms with Gasteiger partial charge in [0.1, 0.15) is 5.75 Å². The van der Waals surface area contributed by atoms with E-state index >= 15 is 0 Å². The predicted molar refractivity (Wildman–Crippen MR) is 82.3 cm³/mol. The van der Waals surface area contributed by atoms with E-state index in [1.165, 1.54) is 36.8 Å². The Morgan fingerprint density at radius 2 is 1.95 bits per heavy atom. The summed E-state index contributed by atoms with van der Waals surface area (Å²) < 4.78 is 5.56. The fourth-order valence-corrected chi connectivity index (χ4v) is 3.55. The highest BCUT2D eigenvalue weighted by Gasteiger charge is 2.19. The number of benzene rings is 1. The van der Waals surface area contributed by atoms with E-state index in [1.54, 1.807) is 7.11 Å². The summed E-state index contributed by atoms with van der Waals surface area (Å²) >= 11 is 0. The number of nitrogens with zero attached hydrogens (tertiary/aromatic N) is 1. The van der Waals surface area contributed by atoms with Crippen molar-refractivity contribution in [1.82, 2.24) is 10.2 Å². The van der Waals surface area contributed by atoms with Gasteiger partial charge < -0.3 is 10.1 Å². The minimum Gasteiger partial charge on any atom is -0.496 e. The Hall–Kier alpha value is -1.06. The first-order valence-corrected chi connectivity index (χ1v) is 7.96. The molecule has 2 fully saturated rings. The monoisotopic (exact) mass is 274 g/mol. The van der Waals surface area contributed by atoms with E-state index in [1.807, 2.05) is 0 Å². The average molecular weight is 274 g/mol. The highest BCUT2D eigenvalue weighted by Crippen LogP contribution is 2.36. The first-order chi connectivity index (χ1) is 9.86. The van der Waals surface area contributed by atoms with Crippen LogP contribution in [0, 0.1) is 0 Å². The molecule has 2 aliphatic rings. The van der Waals surface area contributed by atoms with Crippen LogP contribution in [-0.2, 0) is 6.54 Å². The minimum absolute atomic E-state index is 0.780. The van der Waals surface area contributed by atoms with Crippen LogP contribution in [0.1, 0.15) is 42.7 Å². The molecular weight excluding hydrogens is 248 g/mol. The second-order valence-electron chi connectivity index (χ2n) is 6.08. The van der Waals surface area contributed by atoms with Crippen LogP contribution in [0.5, 0.6) is 5.75 Å². The predicted octanol–water partition coefficient (Wildman–Crippen LogP) is 2.76.